The Kier molecular flexibility index (Phi) is 5.37. The molecule has 0 spiro atoms. The number of aryl methyl sites for hydroxylation is 1. The molecule has 2 aromatic heterocycles. The molecule has 4 unspecified atom stereocenters. The normalized spacial score (nSPS) is 37.8. The molecular formula is C30H35N3O4S. The van der Waals surface area contributed by atoms with Gasteiger partial charge in [0.25, 0.3) is 0 Å². The van der Waals surface area contributed by atoms with Crippen LogP contribution in [0.4, 0.5) is 0 Å². The van der Waals surface area contributed by atoms with Crippen LogP contribution in [-0.2, 0) is 18.3 Å². The summed E-state index contributed by atoms with van der Waals surface area (Å²) < 4.78 is 7.47. The molecule has 38 heavy (non-hydrogen) atoms. The first-order chi connectivity index (χ1) is 18.2. The molecule has 0 bridgehead atoms. The summed E-state index contributed by atoms with van der Waals surface area (Å²) in [6.07, 6.45) is 7.83. The number of allylic oxidation sites excluding steroid dienone is 1. The van der Waals surface area contributed by atoms with Crippen molar-refractivity contribution in [3.63, 3.8) is 0 Å². The number of thioether (sulfide) groups is 1. The van der Waals surface area contributed by atoms with Gasteiger partial charge in [-0.2, -0.15) is 0 Å². The zero-order valence-electron chi connectivity index (χ0n) is 22.2. The van der Waals surface area contributed by atoms with Gasteiger partial charge < -0.3 is 19.3 Å². The monoisotopic (exact) mass is 533 g/mol. The Morgan fingerprint density at radius 1 is 1.26 bits per heavy atom. The summed E-state index contributed by atoms with van der Waals surface area (Å²) in [6, 6.07) is 7.93. The SMILES string of the molecule is Cn1c(SCC(=O)[C@@]2(O)CCC3C4CCC5=Cc6oncc6C[C@]5(C)C4C(O)C[C@@]32C)nc2ccccc21. The number of aliphatic hydroxyl groups excluding tert-OH is 1. The molecule has 3 fully saturated rings. The average Bonchev–Trinajstić information content (AvgIpc) is 3.55. The third kappa shape index (κ3) is 3.20. The number of aromatic nitrogens is 3. The van der Waals surface area contributed by atoms with Crippen molar-refractivity contribution in [2.45, 2.75) is 69.2 Å². The summed E-state index contributed by atoms with van der Waals surface area (Å²) in [4.78, 5) is 18.5. The van der Waals surface area contributed by atoms with Crippen LogP contribution in [0.1, 0.15) is 57.3 Å². The van der Waals surface area contributed by atoms with E-state index in [-0.39, 0.29) is 34.7 Å². The number of carbonyl (C=O) groups is 1. The van der Waals surface area contributed by atoms with E-state index >= 15 is 0 Å². The number of hydrogen-bond acceptors (Lipinski definition) is 7. The van der Waals surface area contributed by atoms with Crippen molar-refractivity contribution in [2.75, 3.05) is 5.75 Å². The Balaban J connectivity index is 1.15. The first-order valence-corrected chi connectivity index (χ1v) is 14.8. The van der Waals surface area contributed by atoms with Crippen LogP contribution < -0.4 is 0 Å². The lowest BCUT2D eigenvalue weighted by molar-refractivity contribution is -0.177. The quantitative estimate of drug-likeness (QED) is 0.464. The number of hydrogen-bond donors (Lipinski definition) is 2. The van der Waals surface area contributed by atoms with Gasteiger partial charge in [-0.25, -0.2) is 4.98 Å². The zero-order valence-corrected chi connectivity index (χ0v) is 23.0. The summed E-state index contributed by atoms with van der Waals surface area (Å²) in [5, 5.41) is 28.6. The van der Waals surface area contributed by atoms with E-state index in [9.17, 15) is 15.0 Å². The van der Waals surface area contributed by atoms with Crippen LogP contribution in [0.2, 0.25) is 0 Å². The molecule has 2 N–H and O–H groups in total. The minimum Gasteiger partial charge on any atom is -0.393 e. The Morgan fingerprint density at radius 2 is 2.08 bits per heavy atom. The van der Waals surface area contributed by atoms with E-state index in [1.54, 1.807) is 0 Å². The van der Waals surface area contributed by atoms with Crippen molar-refractivity contribution in [3.8, 4) is 0 Å². The molecule has 4 aliphatic rings. The van der Waals surface area contributed by atoms with E-state index in [0.29, 0.717) is 12.8 Å². The van der Waals surface area contributed by atoms with E-state index in [2.05, 4.69) is 25.1 Å². The largest absolute Gasteiger partial charge is 0.393 e. The smallest absolute Gasteiger partial charge is 0.175 e. The Hall–Kier alpha value is -2.42. The minimum atomic E-state index is -1.44. The summed E-state index contributed by atoms with van der Waals surface area (Å²) in [5.41, 5.74) is 2.12. The van der Waals surface area contributed by atoms with Crippen molar-refractivity contribution < 1.29 is 19.5 Å². The number of nitrogens with zero attached hydrogens (tertiary/aromatic N) is 3. The number of Topliss-reactive ketones (excluding diaryl/α,β-unsaturated/α-hetero) is 1. The molecular weight excluding hydrogens is 498 g/mol. The molecule has 7 atom stereocenters. The van der Waals surface area contributed by atoms with Crippen LogP contribution in [0.15, 0.2) is 45.7 Å². The number of fused-ring (bicyclic) bond motifs is 7. The van der Waals surface area contributed by atoms with Gasteiger partial charge in [0.15, 0.2) is 16.7 Å². The molecule has 7 rings (SSSR count). The fourth-order valence-corrected chi connectivity index (χ4v) is 9.94. The van der Waals surface area contributed by atoms with Gasteiger partial charge in [-0.1, -0.05) is 48.5 Å². The van der Waals surface area contributed by atoms with Crippen LogP contribution in [0.5, 0.6) is 0 Å². The lowest BCUT2D eigenvalue weighted by Crippen LogP contribution is -2.62. The molecule has 200 valence electrons. The minimum absolute atomic E-state index is 0.0930. The van der Waals surface area contributed by atoms with Crippen molar-refractivity contribution in [2.24, 2.45) is 35.6 Å². The topological polar surface area (TPSA) is 101 Å². The molecule has 2 heterocycles. The first kappa shape index (κ1) is 24.6. The maximum atomic E-state index is 13.8. The van der Waals surface area contributed by atoms with Gasteiger partial charge in [0.05, 0.1) is 29.1 Å². The molecule has 8 heteroatoms. The summed E-state index contributed by atoms with van der Waals surface area (Å²) in [6.45, 7) is 4.35. The van der Waals surface area contributed by atoms with Gasteiger partial charge in [0.2, 0.25) is 0 Å². The van der Waals surface area contributed by atoms with Crippen molar-refractivity contribution >= 4 is 34.7 Å². The fraction of sp³-hybridized carbons (Fsp3) is 0.567. The van der Waals surface area contributed by atoms with E-state index in [1.807, 2.05) is 42.1 Å². The molecule has 7 nitrogen and oxygen atoms in total. The van der Waals surface area contributed by atoms with Gasteiger partial charge >= 0.3 is 0 Å². The second-order valence-corrected chi connectivity index (χ2v) is 13.5. The highest BCUT2D eigenvalue weighted by Crippen LogP contribution is 2.67. The fourth-order valence-electron chi connectivity index (χ4n) is 8.98. The standard InChI is InChI=1S/C30H35N3O4S/c1-28-13-17-15-31-37-24(17)12-18(28)8-9-19-20-10-11-30(36,29(20,2)14-23(34)26(19)28)25(35)16-38-27-32-21-6-4-5-7-22(21)33(27)3/h4-7,12,15,19-20,23,26,34,36H,8-11,13-14,16H2,1-3H3/t19?,20?,23?,26?,28-,29-,30-/m0/s1. The predicted molar refractivity (Wildman–Crippen MR) is 145 cm³/mol. The van der Waals surface area contributed by atoms with Crippen molar-refractivity contribution in [3.05, 3.63) is 47.4 Å². The number of benzene rings is 1. The first-order valence-electron chi connectivity index (χ1n) is 13.8. The maximum absolute atomic E-state index is 13.8. The number of ketones is 1. The van der Waals surface area contributed by atoms with Gasteiger partial charge in [-0.05, 0) is 79.9 Å². The molecule has 0 saturated heterocycles. The number of aliphatic hydroxyl groups is 2. The van der Waals surface area contributed by atoms with Crippen LogP contribution in [0.25, 0.3) is 17.1 Å². The summed E-state index contributed by atoms with van der Waals surface area (Å²) in [5.74, 6) is 1.44. The van der Waals surface area contributed by atoms with Gasteiger partial charge in [-0.15, -0.1) is 0 Å². The molecule has 0 amide bonds. The summed E-state index contributed by atoms with van der Waals surface area (Å²) in [7, 11) is 1.96. The van der Waals surface area contributed by atoms with Gasteiger partial charge in [0, 0.05) is 18.0 Å². The number of imidazole rings is 1. The highest BCUT2D eigenvalue weighted by molar-refractivity contribution is 7.99. The zero-order chi connectivity index (χ0) is 26.4. The average molecular weight is 534 g/mol. The van der Waals surface area contributed by atoms with Gasteiger partial charge in [-0.3, -0.25) is 4.79 Å². The molecule has 4 aliphatic carbocycles. The highest BCUT2D eigenvalue weighted by atomic mass is 32.2. The molecule has 0 radical (unpaired) electrons. The number of carbonyl (C=O) groups excluding carboxylic acids is 1. The second-order valence-electron chi connectivity index (χ2n) is 12.6. The van der Waals surface area contributed by atoms with Crippen LogP contribution >= 0.6 is 11.8 Å². The van der Waals surface area contributed by atoms with E-state index in [1.165, 1.54) is 17.3 Å². The molecule has 0 aliphatic heterocycles. The highest BCUT2D eigenvalue weighted by Gasteiger charge is 2.68. The molecule has 1 aromatic carbocycles. The third-order valence-electron chi connectivity index (χ3n) is 10.9. The lowest BCUT2D eigenvalue weighted by atomic mass is 9.45. The summed E-state index contributed by atoms with van der Waals surface area (Å²) >= 11 is 1.39. The number of para-hydroxylation sites is 2. The van der Waals surface area contributed by atoms with Crippen LogP contribution in [0, 0.1) is 28.6 Å². The lowest BCUT2D eigenvalue weighted by Gasteiger charge is -2.60. The predicted octanol–water partition coefficient (Wildman–Crippen LogP) is 4.81. The molecule has 3 saturated carbocycles. The van der Waals surface area contributed by atoms with Gasteiger partial charge in [0.1, 0.15) is 5.60 Å². The van der Waals surface area contributed by atoms with Crippen LogP contribution in [0.3, 0.4) is 0 Å². The van der Waals surface area contributed by atoms with Crippen molar-refractivity contribution in [1.82, 2.24) is 14.7 Å². The van der Waals surface area contributed by atoms with E-state index in [0.717, 1.165) is 53.2 Å². The van der Waals surface area contributed by atoms with Crippen LogP contribution in [-0.4, -0.2) is 48.2 Å². The molecule has 3 aromatic rings. The third-order valence-corrected chi connectivity index (χ3v) is 11.9. The van der Waals surface area contributed by atoms with E-state index < -0.39 is 17.1 Å². The Bertz CT molecular complexity index is 1480. The maximum Gasteiger partial charge on any atom is 0.175 e. The Morgan fingerprint density at radius 3 is 2.89 bits per heavy atom. The van der Waals surface area contributed by atoms with Crippen molar-refractivity contribution in [1.29, 1.82) is 0 Å². The number of rotatable bonds is 4. The second kappa shape index (κ2) is 8.29. The Labute approximate surface area is 226 Å². The van der Waals surface area contributed by atoms with E-state index in [4.69, 9.17) is 9.51 Å².